The van der Waals surface area contributed by atoms with Crippen molar-refractivity contribution in [2.24, 2.45) is 0 Å². The third kappa shape index (κ3) is 5.98. The van der Waals surface area contributed by atoms with Crippen LogP contribution in [-0.2, 0) is 0 Å². The predicted molar refractivity (Wildman–Crippen MR) is 72.5 cm³/mol. The molecule has 5 heteroatoms. The zero-order chi connectivity index (χ0) is 14.1. The molecule has 1 aromatic carbocycles. The van der Waals surface area contributed by atoms with Gasteiger partial charge >= 0.3 is 0 Å². The van der Waals surface area contributed by atoms with Gasteiger partial charge in [-0.2, -0.15) is 0 Å². The molecule has 3 nitrogen and oxygen atoms in total. The molecule has 108 valence electrons. The van der Waals surface area contributed by atoms with E-state index >= 15 is 0 Å². The van der Waals surface area contributed by atoms with Gasteiger partial charge in [-0.3, -0.25) is 0 Å². The van der Waals surface area contributed by atoms with Crippen molar-refractivity contribution in [1.29, 1.82) is 0 Å². The Morgan fingerprint density at radius 3 is 2.53 bits per heavy atom. The number of ether oxygens (including phenoxy) is 1. The molecule has 0 aliphatic carbocycles. The van der Waals surface area contributed by atoms with Crippen LogP contribution in [0.25, 0.3) is 0 Å². The third-order valence-corrected chi connectivity index (χ3v) is 2.93. The smallest absolute Gasteiger partial charge is 0.167 e. The molecule has 19 heavy (non-hydrogen) atoms. The molecule has 1 N–H and O–H groups in total. The summed E-state index contributed by atoms with van der Waals surface area (Å²) >= 11 is 0. The second kappa shape index (κ2) is 8.82. The summed E-state index contributed by atoms with van der Waals surface area (Å²) in [5.74, 6) is -1.17. The fourth-order valence-corrected chi connectivity index (χ4v) is 1.73. The maximum atomic E-state index is 13.2. The summed E-state index contributed by atoms with van der Waals surface area (Å²) < 4.78 is 31.1. The van der Waals surface area contributed by atoms with E-state index < -0.39 is 11.6 Å². The van der Waals surface area contributed by atoms with E-state index in [-0.39, 0.29) is 5.75 Å². The monoisotopic (exact) mass is 272 g/mol. The van der Waals surface area contributed by atoms with Crippen molar-refractivity contribution in [1.82, 2.24) is 10.2 Å². The van der Waals surface area contributed by atoms with E-state index in [1.54, 1.807) is 0 Å². The molecule has 0 saturated carbocycles. The zero-order valence-corrected chi connectivity index (χ0v) is 11.6. The van der Waals surface area contributed by atoms with Gasteiger partial charge in [-0.1, -0.05) is 13.8 Å². The molecule has 0 unspecified atom stereocenters. The second-order valence-electron chi connectivity index (χ2n) is 4.20. The molecule has 0 atom stereocenters. The minimum atomic E-state index is -0.664. The summed E-state index contributed by atoms with van der Waals surface area (Å²) in [6.07, 6.45) is 0. The Hall–Kier alpha value is -1.20. The fourth-order valence-electron chi connectivity index (χ4n) is 1.73. The number of nitrogens with zero attached hydrogens (tertiary/aromatic N) is 1. The Morgan fingerprint density at radius 2 is 1.89 bits per heavy atom. The minimum Gasteiger partial charge on any atom is -0.489 e. The number of hydrogen-bond donors (Lipinski definition) is 1. The van der Waals surface area contributed by atoms with E-state index in [9.17, 15) is 8.78 Å². The molecule has 0 heterocycles. The SMILES string of the molecule is CCN(CC)CCNCCOc1ccc(F)cc1F. The van der Waals surface area contributed by atoms with Gasteiger partial charge < -0.3 is 15.0 Å². The van der Waals surface area contributed by atoms with Crippen LogP contribution in [0.15, 0.2) is 18.2 Å². The third-order valence-electron chi connectivity index (χ3n) is 2.93. The molecule has 0 radical (unpaired) electrons. The largest absolute Gasteiger partial charge is 0.489 e. The number of benzene rings is 1. The van der Waals surface area contributed by atoms with Crippen molar-refractivity contribution in [2.45, 2.75) is 13.8 Å². The molecule has 0 fully saturated rings. The molecule has 0 bridgehead atoms. The average Bonchev–Trinajstić information content (AvgIpc) is 2.40. The molecule has 0 aromatic heterocycles. The first-order valence-electron chi connectivity index (χ1n) is 6.68. The van der Waals surface area contributed by atoms with Gasteiger partial charge in [-0.15, -0.1) is 0 Å². The fraction of sp³-hybridized carbons (Fsp3) is 0.571. The zero-order valence-electron chi connectivity index (χ0n) is 11.6. The lowest BCUT2D eigenvalue weighted by Crippen LogP contribution is -2.33. The van der Waals surface area contributed by atoms with Crippen LogP contribution in [0.3, 0.4) is 0 Å². The summed E-state index contributed by atoms with van der Waals surface area (Å²) in [5, 5.41) is 3.22. The molecular weight excluding hydrogens is 250 g/mol. The molecule has 0 aliphatic rings. The predicted octanol–water partition coefficient (Wildman–Crippen LogP) is 2.27. The van der Waals surface area contributed by atoms with Crippen LogP contribution in [-0.4, -0.2) is 44.2 Å². The number of likely N-dealkylation sites (N-methyl/N-ethyl adjacent to an activating group) is 1. The average molecular weight is 272 g/mol. The van der Waals surface area contributed by atoms with Gasteiger partial charge in [0, 0.05) is 25.7 Å². The first kappa shape index (κ1) is 15.9. The molecule has 1 rings (SSSR count). The molecule has 0 aliphatic heterocycles. The normalized spacial score (nSPS) is 11.0. The van der Waals surface area contributed by atoms with Crippen LogP contribution in [0, 0.1) is 11.6 Å². The van der Waals surface area contributed by atoms with E-state index in [4.69, 9.17) is 4.74 Å². The van der Waals surface area contributed by atoms with E-state index in [1.807, 2.05) is 0 Å². The Bertz CT molecular complexity index is 370. The summed E-state index contributed by atoms with van der Waals surface area (Å²) in [5.41, 5.74) is 0. The van der Waals surface area contributed by atoms with Gasteiger partial charge in [-0.05, 0) is 25.2 Å². The quantitative estimate of drug-likeness (QED) is 0.698. The van der Waals surface area contributed by atoms with Gasteiger partial charge in [-0.25, -0.2) is 8.78 Å². The summed E-state index contributed by atoms with van der Waals surface area (Å²) in [4.78, 5) is 2.31. The highest BCUT2D eigenvalue weighted by atomic mass is 19.1. The lowest BCUT2D eigenvalue weighted by molar-refractivity contribution is 0.279. The van der Waals surface area contributed by atoms with Gasteiger partial charge in [0.25, 0.3) is 0 Å². The Balaban J connectivity index is 2.14. The molecule has 0 saturated heterocycles. The van der Waals surface area contributed by atoms with Crippen LogP contribution in [0.2, 0.25) is 0 Å². The molecular formula is C14H22F2N2O. The molecule has 1 aromatic rings. The highest BCUT2D eigenvalue weighted by Gasteiger charge is 2.04. The number of hydrogen-bond acceptors (Lipinski definition) is 3. The van der Waals surface area contributed by atoms with E-state index in [0.29, 0.717) is 13.2 Å². The van der Waals surface area contributed by atoms with E-state index in [2.05, 4.69) is 24.1 Å². The van der Waals surface area contributed by atoms with Gasteiger partial charge in [0.2, 0.25) is 0 Å². The van der Waals surface area contributed by atoms with Crippen molar-refractivity contribution in [3.63, 3.8) is 0 Å². The topological polar surface area (TPSA) is 24.5 Å². The molecule has 0 amide bonds. The highest BCUT2D eigenvalue weighted by Crippen LogP contribution is 2.17. The van der Waals surface area contributed by atoms with Crippen molar-refractivity contribution < 1.29 is 13.5 Å². The van der Waals surface area contributed by atoms with Crippen LogP contribution in [0.4, 0.5) is 8.78 Å². The van der Waals surface area contributed by atoms with Crippen molar-refractivity contribution in [3.05, 3.63) is 29.8 Å². The van der Waals surface area contributed by atoms with Crippen LogP contribution >= 0.6 is 0 Å². The van der Waals surface area contributed by atoms with Gasteiger partial charge in [0.1, 0.15) is 12.4 Å². The van der Waals surface area contributed by atoms with Crippen LogP contribution < -0.4 is 10.1 Å². The Kier molecular flexibility index (Phi) is 7.36. The molecule has 0 spiro atoms. The summed E-state index contributed by atoms with van der Waals surface area (Å²) in [6, 6.07) is 3.32. The Morgan fingerprint density at radius 1 is 1.16 bits per heavy atom. The van der Waals surface area contributed by atoms with Crippen LogP contribution in [0.5, 0.6) is 5.75 Å². The lowest BCUT2D eigenvalue weighted by Gasteiger charge is -2.18. The first-order valence-corrected chi connectivity index (χ1v) is 6.68. The van der Waals surface area contributed by atoms with Crippen molar-refractivity contribution in [2.75, 3.05) is 39.3 Å². The number of rotatable bonds is 9. The number of halogens is 2. The van der Waals surface area contributed by atoms with Gasteiger partial charge in [0.05, 0.1) is 0 Å². The maximum Gasteiger partial charge on any atom is 0.167 e. The van der Waals surface area contributed by atoms with E-state index in [1.165, 1.54) is 12.1 Å². The standard InChI is InChI=1S/C14H22F2N2O/c1-3-18(4-2)9-7-17-8-10-19-14-6-5-12(15)11-13(14)16/h5-6,11,17H,3-4,7-10H2,1-2H3. The van der Waals surface area contributed by atoms with Gasteiger partial charge in [0.15, 0.2) is 11.6 Å². The maximum absolute atomic E-state index is 13.2. The summed E-state index contributed by atoms with van der Waals surface area (Å²) in [7, 11) is 0. The van der Waals surface area contributed by atoms with E-state index in [0.717, 1.165) is 32.2 Å². The first-order chi connectivity index (χ1) is 9.17. The number of nitrogens with one attached hydrogen (secondary N) is 1. The highest BCUT2D eigenvalue weighted by molar-refractivity contribution is 5.24. The minimum absolute atomic E-state index is 0.0898. The Labute approximate surface area is 113 Å². The lowest BCUT2D eigenvalue weighted by atomic mass is 10.3. The van der Waals surface area contributed by atoms with Crippen LogP contribution in [0.1, 0.15) is 13.8 Å². The van der Waals surface area contributed by atoms with Crippen molar-refractivity contribution >= 4 is 0 Å². The second-order valence-corrected chi connectivity index (χ2v) is 4.20. The van der Waals surface area contributed by atoms with Crippen molar-refractivity contribution in [3.8, 4) is 5.75 Å². The summed E-state index contributed by atoms with van der Waals surface area (Å²) in [6.45, 7) is 9.19.